The molecule has 3 aliphatic rings. The summed E-state index contributed by atoms with van der Waals surface area (Å²) in [5.74, 6) is 0.518. The topological polar surface area (TPSA) is 119 Å². The van der Waals surface area contributed by atoms with Gasteiger partial charge >= 0.3 is 6.09 Å². The molecule has 0 aromatic heterocycles. The number of aliphatic hydroxyl groups excluding tert-OH is 2. The number of ether oxygens (including phenoxy) is 4. The van der Waals surface area contributed by atoms with Gasteiger partial charge < -0.3 is 38.9 Å². The van der Waals surface area contributed by atoms with Crippen molar-refractivity contribution in [2.75, 3.05) is 46.8 Å². The quantitative estimate of drug-likeness (QED) is 0.0392. The van der Waals surface area contributed by atoms with Crippen LogP contribution >= 0.6 is 11.8 Å². The standard InChI is InChI=1S/C49H72N2O8S/c1-6-8-9-10-11-12-13-14-15-20-32-56-48(54)51(3)45-35-43(50-55-4)41-33-36(21-16-18-29-52)40(22-17-19-30-53)46-42-34-38(58-37-23-26-39(60-5)27-24-37)25-28-44(42)59-49(45,47(41)46)57-31-7-2/h7,23-28,33-34,36,40,45-47,52-53H,2,6,8-22,29-32,35H2,1,3-5H3/t36-,40+,45-,46+,47+,49+/m0/s1. The van der Waals surface area contributed by atoms with Gasteiger partial charge in [-0.2, -0.15) is 0 Å². The molecule has 11 heteroatoms. The monoisotopic (exact) mass is 849 g/mol. The van der Waals surface area contributed by atoms with Crippen LogP contribution in [-0.2, 0) is 14.3 Å². The number of amides is 1. The third kappa shape index (κ3) is 12.1. The highest BCUT2D eigenvalue weighted by molar-refractivity contribution is 7.98. The summed E-state index contributed by atoms with van der Waals surface area (Å²) in [7, 11) is 3.33. The highest BCUT2D eigenvalue weighted by Crippen LogP contribution is 2.62. The minimum Gasteiger partial charge on any atom is -0.459 e. The van der Waals surface area contributed by atoms with Crippen molar-refractivity contribution in [1.82, 2.24) is 4.90 Å². The van der Waals surface area contributed by atoms with Crippen molar-refractivity contribution >= 4 is 23.6 Å². The maximum atomic E-state index is 14.1. The predicted octanol–water partition coefficient (Wildman–Crippen LogP) is 11.5. The van der Waals surface area contributed by atoms with Crippen molar-refractivity contribution in [2.45, 2.75) is 139 Å². The highest BCUT2D eigenvalue weighted by atomic mass is 32.2. The summed E-state index contributed by atoms with van der Waals surface area (Å²) in [5, 5.41) is 24.4. The van der Waals surface area contributed by atoms with Gasteiger partial charge in [-0.25, -0.2) is 4.79 Å². The molecule has 1 amide bonds. The van der Waals surface area contributed by atoms with E-state index in [9.17, 15) is 15.0 Å². The molecule has 5 rings (SSSR count). The van der Waals surface area contributed by atoms with Gasteiger partial charge in [0.1, 0.15) is 30.4 Å². The van der Waals surface area contributed by atoms with Gasteiger partial charge in [0.05, 0.1) is 24.8 Å². The number of hydrogen-bond donors (Lipinski definition) is 2. The Morgan fingerprint density at radius 2 is 1.60 bits per heavy atom. The molecule has 0 spiro atoms. The van der Waals surface area contributed by atoms with Crippen LogP contribution < -0.4 is 9.47 Å². The molecule has 2 aromatic carbocycles. The molecule has 60 heavy (non-hydrogen) atoms. The number of oxime groups is 1. The number of unbranched alkanes of at least 4 members (excludes halogenated alkanes) is 11. The molecule has 0 unspecified atom stereocenters. The van der Waals surface area contributed by atoms with Gasteiger partial charge in [0.15, 0.2) is 0 Å². The number of benzene rings is 2. The van der Waals surface area contributed by atoms with Crippen LogP contribution in [0.2, 0.25) is 0 Å². The van der Waals surface area contributed by atoms with Crippen LogP contribution in [-0.4, -0.2) is 85.6 Å². The normalized spacial score (nSPS) is 23.5. The van der Waals surface area contributed by atoms with Crippen LogP contribution in [0.25, 0.3) is 0 Å². The van der Waals surface area contributed by atoms with Crippen LogP contribution in [0.3, 0.4) is 0 Å². The Bertz CT molecular complexity index is 1680. The van der Waals surface area contributed by atoms with Crippen LogP contribution in [0.4, 0.5) is 4.79 Å². The minimum absolute atomic E-state index is 0.116. The summed E-state index contributed by atoms with van der Waals surface area (Å²) in [6, 6.07) is 13.5. The Balaban J connectivity index is 1.50. The molecule has 0 bridgehead atoms. The Morgan fingerprint density at radius 1 is 0.933 bits per heavy atom. The average molecular weight is 849 g/mol. The van der Waals surface area contributed by atoms with Crippen molar-refractivity contribution in [1.29, 1.82) is 0 Å². The van der Waals surface area contributed by atoms with E-state index in [1.54, 1.807) is 36.9 Å². The molecule has 1 saturated carbocycles. The lowest BCUT2D eigenvalue weighted by atomic mass is 9.55. The summed E-state index contributed by atoms with van der Waals surface area (Å²) < 4.78 is 26.7. The van der Waals surface area contributed by atoms with Crippen LogP contribution in [0.1, 0.15) is 128 Å². The smallest absolute Gasteiger partial charge is 0.409 e. The van der Waals surface area contributed by atoms with E-state index in [4.69, 9.17) is 23.8 Å². The van der Waals surface area contributed by atoms with Crippen LogP contribution in [0, 0.1) is 17.8 Å². The number of fused-ring (bicyclic) bond motifs is 2. The Kier molecular flexibility index (Phi) is 19.7. The molecule has 1 fully saturated rings. The maximum Gasteiger partial charge on any atom is 0.409 e. The van der Waals surface area contributed by atoms with E-state index >= 15 is 0 Å². The fourth-order valence-electron chi connectivity index (χ4n) is 9.66. The molecule has 332 valence electrons. The van der Waals surface area contributed by atoms with Crippen LogP contribution in [0.5, 0.6) is 17.2 Å². The lowest BCUT2D eigenvalue weighted by Crippen LogP contribution is -2.69. The lowest BCUT2D eigenvalue weighted by Gasteiger charge is -2.59. The number of hydrogen-bond acceptors (Lipinski definition) is 10. The lowest BCUT2D eigenvalue weighted by molar-refractivity contribution is -0.253. The summed E-state index contributed by atoms with van der Waals surface area (Å²) >= 11 is 1.68. The van der Waals surface area contributed by atoms with Gasteiger partial charge in [-0.1, -0.05) is 94.9 Å². The number of rotatable bonds is 27. The van der Waals surface area contributed by atoms with Gasteiger partial charge in [-0.05, 0) is 98.2 Å². The number of carbonyl (C=O) groups is 1. The highest BCUT2D eigenvalue weighted by Gasteiger charge is 2.65. The van der Waals surface area contributed by atoms with E-state index in [2.05, 4.69) is 49.2 Å². The number of thioether (sulfide) groups is 1. The van der Waals surface area contributed by atoms with Gasteiger partial charge in [0, 0.05) is 43.1 Å². The number of likely N-dealkylation sites (N-methyl/N-ethyl adjacent to an activating group) is 1. The second-order valence-electron chi connectivity index (χ2n) is 16.6. The largest absolute Gasteiger partial charge is 0.459 e. The molecule has 1 heterocycles. The Labute approximate surface area is 364 Å². The van der Waals surface area contributed by atoms with E-state index in [-0.39, 0.29) is 43.5 Å². The number of allylic oxidation sites excluding steroid dienone is 1. The fourth-order valence-corrected chi connectivity index (χ4v) is 10.1. The first-order chi connectivity index (χ1) is 29.3. The third-order valence-electron chi connectivity index (χ3n) is 12.6. The van der Waals surface area contributed by atoms with Crippen molar-refractivity contribution in [2.24, 2.45) is 22.9 Å². The molecule has 6 atom stereocenters. The van der Waals surface area contributed by atoms with E-state index in [0.717, 1.165) is 72.4 Å². The molecular weight excluding hydrogens is 777 g/mol. The van der Waals surface area contributed by atoms with Crippen molar-refractivity contribution in [3.8, 4) is 17.2 Å². The first-order valence-electron chi connectivity index (χ1n) is 22.7. The van der Waals surface area contributed by atoms with Crippen molar-refractivity contribution in [3.63, 3.8) is 0 Å². The zero-order valence-corrected chi connectivity index (χ0v) is 37.6. The first-order valence-corrected chi connectivity index (χ1v) is 23.9. The molecule has 1 aliphatic heterocycles. The van der Waals surface area contributed by atoms with E-state index < -0.39 is 17.9 Å². The summed E-state index contributed by atoms with van der Waals surface area (Å²) in [4.78, 5) is 22.4. The Morgan fingerprint density at radius 3 is 2.25 bits per heavy atom. The van der Waals surface area contributed by atoms with Crippen molar-refractivity contribution < 1.29 is 38.8 Å². The van der Waals surface area contributed by atoms with Crippen LogP contribution in [0.15, 0.2) is 76.8 Å². The molecule has 2 aliphatic carbocycles. The molecule has 0 saturated heterocycles. The number of carbonyl (C=O) groups excluding carboxylic acids is 1. The third-order valence-corrected chi connectivity index (χ3v) is 13.4. The van der Waals surface area contributed by atoms with Gasteiger partial charge in [-0.3, -0.25) is 0 Å². The zero-order valence-electron chi connectivity index (χ0n) is 36.8. The second kappa shape index (κ2) is 24.8. The SMILES string of the molecule is C=CCO[C@@]12Oc3ccc(Oc4ccc(SC)cc4)cc3[C@H]3[C@H](CCCCO)[C@@H](CCCCO)C=C(C(=NOC)C[C@@H]1N(C)C(=O)OCCCCCCCCCCCC)[C@H]32. The van der Waals surface area contributed by atoms with E-state index in [1.165, 1.54) is 44.9 Å². The molecule has 0 radical (unpaired) electrons. The van der Waals surface area contributed by atoms with E-state index in [1.807, 2.05) is 24.3 Å². The maximum absolute atomic E-state index is 14.1. The van der Waals surface area contributed by atoms with Crippen molar-refractivity contribution in [3.05, 3.63) is 72.3 Å². The predicted molar refractivity (Wildman–Crippen MR) is 241 cm³/mol. The Hall–Kier alpha value is -3.51. The first kappa shape index (κ1) is 47.5. The number of nitrogens with zero attached hydrogens (tertiary/aromatic N) is 2. The minimum atomic E-state index is -1.32. The average Bonchev–Trinajstić information content (AvgIpc) is 3.26. The molecule has 2 N–H and O–H groups in total. The second-order valence-corrected chi connectivity index (χ2v) is 17.5. The van der Waals surface area contributed by atoms with Gasteiger partial charge in [-0.15, -0.1) is 18.3 Å². The summed E-state index contributed by atoms with van der Waals surface area (Å²) in [6.07, 6.45) is 22.8. The fraction of sp³-hybridized carbons (Fsp3) is 0.633. The van der Waals surface area contributed by atoms with Gasteiger partial charge in [0.2, 0.25) is 5.79 Å². The molecule has 10 nitrogen and oxygen atoms in total. The summed E-state index contributed by atoms with van der Waals surface area (Å²) in [6.45, 7) is 7.06. The van der Waals surface area contributed by atoms with Gasteiger partial charge in [0.25, 0.3) is 0 Å². The number of aliphatic hydroxyl groups is 2. The molecule has 2 aromatic rings. The zero-order chi connectivity index (χ0) is 42.7. The molecular formula is C49H72N2O8S. The van der Waals surface area contributed by atoms with E-state index in [0.29, 0.717) is 37.4 Å². The summed E-state index contributed by atoms with van der Waals surface area (Å²) in [5.41, 5.74) is 2.75.